The van der Waals surface area contributed by atoms with Crippen LogP contribution in [0.15, 0.2) is 24.3 Å². The largest absolute Gasteiger partial charge is 0.388 e. The standard InChI is InChI=1S/C18H26O/c1-13-9-11-15(12-10-13)18(19)17-8-3-2-7-16(17)14-5-4-6-14/h2-3,7-8,13-15,18-19H,4-6,9-12H2,1H3. The summed E-state index contributed by atoms with van der Waals surface area (Å²) >= 11 is 0. The highest BCUT2D eigenvalue weighted by Gasteiger charge is 2.29. The Balaban J connectivity index is 1.77. The van der Waals surface area contributed by atoms with E-state index in [0.29, 0.717) is 11.8 Å². The van der Waals surface area contributed by atoms with Gasteiger partial charge in [0.1, 0.15) is 0 Å². The van der Waals surface area contributed by atoms with Crippen LogP contribution in [0, 0.1) is 11.8 Å². The molecule has 1 aromatic rings. The van der Waals surface area contributed by atoms with Crippen LogP contribution in [0.1, 0.15) is 75.0 Å². The van der Waals surface area contributed by atoms with E-state index in [1.807, 2.05) is 0 Å². The van der Waals surface area contributed by atoms with Crippen molar-refractivity contribution >= 4 is 0 Å². The summed E-state index contributed by atoms with van der Waals surface area (Å²) in [6.45, 7) is 2.34. The van der Waals surface area contributed by atoms with Crippen LogP contribution in [-0.2, 0) is 0 Å². The Hall–Kier alpha value is -0.820. The van der Waals surface area contributed by atoms with E-state index in [0.717, 1.165) is 5.92 Å². The van der Waals surface area contributed by atoms with Gasteiger partial charge in [-0.15, -0.1) is 0 Å². The summed E-state index contributed by atoms with van der Waals surface area (Å²) in [6.07, 6.45) is 8.71. The normalized spacial score (nSPS) is 29.8. The van der Waals surface area contributed by atoms with Crippen molar-refractivity contribution in [3.8, 4) is 0 Å². The summed E-state index contributed by atoms with van der Waals surface area (Å²) in [5.74, 6) is 2.05. The molecule has 19 heavy (non-hydrogen) atoms. The summed E-state index contributed by atoms with van der Waals surface area (Å²) < 4.78 is 0. The minimum absolute atomic E-state index is 0.232. The predicted molar refractivity (Wildman–Crippen MR) is 79.1 cm³/mol. The highest BCUT2D eigenvalue weighted by molar-refractivity contribution is 5.33. The number of aliphatic hydroxyl groups excluding tert-OH is 1. The van der Waals surface area contributed by atoms with Gasteiger partial charge in [0.15, 0.2) is 0 Å². The number of rotatable bonds is 3. The van der Waals surface area contributed by atoms with E-state index < -0.39 is 0 Å². The Labute approximate surface area is 117 Å². The molecule has 1 N–H and O–H groups in total. The maximum atomic E-state index is 10.8. The zero-order valence-corrected chi connectivity index (χ0v) is 12.0. The topological polar surface area (TPSA) is 20.2 Å². The predicted octanol–water partition coefficient (Wildman–Crippen LogP) is 4.81. The molecule has 2 fully saturated rings. The molecule has 0 bridgehead atoms. The van der Waals surface area contributed by atoms with E-state index in [1.165, 1.54) is 56.1 Å². The van der Waals surface area contributed by atoms with Crippen LogP contribution < -0.4 is 0 Å². The molecule has 3 rings (SSSR count). The second kappa shape index (κ2) is 5.66. The summed E-state index contributed by atoms with van der Waals surface area (Å²) in [5.41, 5.74) is 2.66. The zero-order valence-electron chi connectivity index (χ0n) is 12.0. The minimum Gasteiger partial charge on any atom is -0.388 e. The molecule has 2 aliphatic carbocycles. The molecule has 1 aromatic carbocycles. The molecule has 0 radical (unpaired) electrons. The molecule has 1 heteroatoms. The Morgan fingerprint density at radius 1 is 1.00 bits per heavy atom. The second-order valence-electron chi connectivity index (χ2n) is 6.72. The van der Waals surface area contributed by atoms with Gasteiger partial charge in [0, 0.05) is 0 Å². The van der Waals surface area contributed by atoms with Gasteiger partial charge in [0.05, 0.1) is 6.10 Å². The van der Waals surface area contributed by atoms with Gasteiger partial charge in [-0.25, -0.2) is 0 Å². The second-order valence-corrected chi connectivity index (χ2v) is 6.72. The van der Waals surface area contributed by atoms with Crippen LogP contribution in [0.4, 0.5) is 0 Å². The first-order valence-corrected chi connectivity index (χ1v) is 8.02. The van der Waals surface area contributed by atoms with Crippen molar-refractivity contribution in [2.24, 2.45) is 11.8 Å². The number of hydrogen-bond donors (Lipinski definition) is 1. The molecule has 2 saturated carbocycles. The molecule has 0 saturated heterocycles. The Morgan fingerprint density at radius 2 is 1.68 bits per heavy atom. The smallest absolute Gasteiger partial charge is 0.0820 e. The van der Waals surface area contributed by atoms with Crippen molar-refractivity contribution in [1.82, 2.24) is 0 Å². The third-order valence-corrected chi connectivity index (χ3v) is 5.37. The van der Waals surface area contributed by atoms with Gasteiger partial charge in [0.25, 0.3) is 0 Å². The highest BCUT2D eigenvalue weighted by atomic mass is 16.3. The number of aliphatic hydroxyl groups is 1. The fourth-order valence-electron chi connectivity index (χ4n) is 3.73. The lowest BCUT2D eigenvalue weighted by Gasteiger charge is -2.34. The molecule has 0 heterocycles. The molecule has 1 atom stereocenters. The lowest BCUT2D eigenvalue weighted by atomic mass is 9.73. The molecule has 0 amide bonds. The summed E-state index contributed by atoms with van der Waals surface area (Å²) in [6, 6.07) is 8.63. The lowest BCUT2D eigenvalue weighted by Crippen LogP contribution is -2.21. The molecular formula is C18H26O. The first-order valence-electron chi connectivity index (χ1n) is 8.02. The Bertz CT molecular complexity index is 413. The summed E-state index contributed by atoms with van der Waals surface area (Å²) in [7, 11) is 0. The fraction of sp³-hybridized carbons (Fsp3) is 0.667. The van der Waals surface area contributed by atoms with Gasteiger partial charge in [-0.1, -0.05) is 50.5 Å². The minimum atomic E-state index is -0.232. The van der Waals surface area contributed by atoms with E-state index >= 15 is 0 Å². The Kier molecular flexibility index (Phi) is 3.93. The van der Waals surface area contributed by atoms with Gasteiger partial charge in [-0.2, -0.15) is 0 Å². The molecule has 2 aliphatic rings. The molecule has 104 valence electrons. The first-order chi connectivity index (χ1) is 9.25. The van der Waals surface area contributed by atoms with Crippen LogP contribution in [0.25, 0.3) is 0 Å². The van der Waals surface area contributed by atoms with E-state index in [9.17, 15) is 5.11 Å². The van der Waals surface area contributed by atoms with Gasteiger partial charge in [-0.05, 0) is 54.6 Å². The quantitative estimate of drug-likeness (QED) is 0.824. The van der Waals surface area contributed by atoms with Crippen molar-refractivity contribution in [2.45, 2.75) is 63.9 Å². The zero-order chi connectivity index (χ0) is 13.2. The molecule has 0 aliphatic heterocycles. The van der Waals surface area contributed by atoms with Crippen LogP contribution in [0.3, 0.4) is 0 Å². The maximum absolute atomic E-state index is 10.8. The first kappa shape index (κ1) is 13.2. The highest BCUT2D eigenvalue weighted by Crippen LogP contribution is 2.43. The molecule has 1 nitrogen and oxygen atoms in total. The van der Waals surface area contributed by atoms with Crippen molar-refractivity contribution in [2.75, 3.05) is 0 Å². The van der Waals surface area contributed by atoms with Gasteiger partial charge < -0.3 is 5.11 Å². The van der Waals surface area contributed by atoms with Gasteiger partial charge in [-0.3, -0.25) is 0 Å². The molecule has 0 aromatic heterocycles. The molecule has 0 spiro atoms. The van der Waals surface area contributed by atoms with Crippen LogP contribution in [0.2, 0.25) is 0 Å². The monoisotopic (exact) mass is 258 g/mol. The lowest BCUT2D eigenvalue weighted by molar-refractivity contribution is 0.0741. The summed E-state index contributed by atoms with van der Waals surface area (Å²) in [4.78, 5) is 0. The van der Waals surface area contributed by atoms with E-state index in [1.54, 1.807) is 0 Å². The van der Waals surface area contributed by atoms with E-state index in [4.69, 9.17) is 0 Å². The number of hydrogen-bond acceptors (Lipinski definition) is 1. The SMILES string of the molecule is CC1CCC(C(O)c2ccccc2C2CCC2)CC1. The van der Waals surface area contributed by atoms with Crippen molar-refractivity contribution in [1.29, 1.82) is 0 Å². The third-order valence-electron chi connectivity index (χ3n) is 5.37. The van der Waals surface area contributed by atoms with Gasteiger partial charge >= 0.3 is 0 Å². The van der Waals surface area contributed by atoms with Crippen molar-refractivity contribution in [3.63, 3.8) is 0 Å². The molecular weight excluding hydrogens is 232 g/mol. The van der Waals surface area contributed by atoms with Crippen LogP contribution >= 0.6 is 0 Å². The van der Waals surface area contributed by atoms with Crippen molar-refractivity contribution < 1.29 is 5.11 Å². The van der Waals surface area contributed by atoms with Crippen molar-refractivity contribution in [3.05, 3.63) is 35.4 Å². The van der Waals surface area contributed by atoms with Crippen LogP contribution in [-0.4, -0.2) is 5.11 Å². The molecule has 1 unspecified atom stereocenters. The maximum Gasteiger partial charge on any atom is 0.0820 e. The fourth-order valence-corrected chi connectivity index (χ4v) is 3.73. The Morgan fingerprint density at radius 3 is 2.32 bits per heavy atom. The van der Waals surface area contributed by atoms with Gasteiger partial charge in [0.2, 0.25) is 0 Å². The average molecular weight is 258 g/mol. The average Bonchev–Trinajstić information content (AvgIpc) is 2.37. The number of benzene rings is 1. The van der Waals surface area contributed by atoms with E-state index in [2.05, 4.69) is 31.2 Å². The van der Waals surface area contributed by atoms with E-state index in [-0.39, 0.29) is 6.10 Å². The third kappa shape index (κ3) is 2.72. The van der Waals surface area contributed by atoms with Crippen LogP contribution in [0.5, 0.6) is 0 Å². The summed E-state index contributed by atoms with van der Waals surface area (Å²) in [5, 5.41) is 10.8.